The first kappa shape index (κ1) is 9.96. The van der Waals surface area contributed by atoms with E-state index < -0.39 is 0 Å². The van der Waals surface area contributed by atoms with Crippen molar-refractivity contribution in [3.63, 3.8) is 0 Å². The number of hydrogen-bond acceptors (Lipinski definition) is 2. The van der Waals surface area contributed by atoms with Crippen molar-refractivity contribution < 1.29 is 4.79 Å². The summed E-state index contributed by atoms with van der Waals surface area (Å²) in [6.07, 6.45) is 6.30. The summed E-state index contributed by atoms with van der Waals surface area (Å²) in [6.45, 7) is 5.17. The zero-order valence-corrected chi connectivity index (χ0v) is 8.89. The van der Waals surface area contributed by atoms with Crippen molar-refractivity contribution in [3.05, 3.63) is 30.6 Å². The monoisotopic (exact) mass is 205 g/mol. The van der Waals surface area contributed by atoms with Crippen molar-refractivity contribution in [2.45, 2.75) is 6.42 Å². The van der Waals surface area contributed by atoms with Crippen LogP contribution in [0.25, 0.3) is 0 Å². The van der Waals surface area contributed by atoms with Gasteiger partial charge in [0.25, 0.3) is 0 Å². The van der Waals surface area contributed by atoms with E-state index in [2.05, 4.69) is 11.7 Å². The van der Waals surface area contributed by atoms with Gasteiger partial charge in [-0.3, -0.25) is 9.48 Å². The fourth-order valence-corrected chi connectivity index (χ4v) is 1.92. The van der Waals surface area contributed by atoms with Gasteiger partial charge in [-0.15, -0.1) is 0 Å². The molecule has 0 radical (unpaired) electrons. The molecule has 1 aromatic heterocycles. The van der Waals surface area contributed by atoms with E-state index in [4.69, 9.17) is 0 Å². The van der Waals surface area contributed by atoms with Crippen molar-refractivity contribution in [2.24, 2.45) is 13.0 Å². The van der Waals surface area contributed by atoms with Crippen LogP contribution in [0.1, 0.15) is 5.56 Å². The third-order valence-corrected chi connectivity index (χ3v) is 2.73. The minimum atomic E-state index is 0.0393. The Morgan fingerprint density at radius 3 is 3.00 bits per heavy atom. The molecule has 4 heteroatoms. The highest BCUT2D eigenvalue weighted by Gasteiger charge is 2.29. The molecule has 15 heavy (non-hydrogen) atoms. The molecule has 0 N–H and O–H groups in total. The normalized spacial score (nSPS) is 16.2. The van der Waals surface area contributed by atoms with E-state index in [9.17, 15) is 4.79 Å². The molecule has 80 valence electrons. The fraction of sp³-hybridized carbons (Fsp3) is 0.455. The summed E-state index contributed by atoms with van der Waals surface area (Å²) < 4.78 is 1.81. The molecule has 1 aliphatic rings. The highest BCUT2D eigenvalue weighted by Crippen LogP contribution is 2.20. The van der Waals surface area contributed by atoms with Crippen molar-refractivity contribution in [1.29, 1.82) is 0 Å². The SMILES string of the molecule is C=CC(=O)N1CC(Cc2cnn(C)c2)C1. The summed E-state index contributed by atoms with van der Waals surface area (Å²) in [6, 6.07) is 0. The zero-order valence-electron chi connectivity index (χ0n) is 8.89. The number of carbonyl (C=O) groups excluding carboxylic acids is 1. The van der Waals surface area contributed by atoms with E-state index in [1.54, 1.807) is 4.68 Å². The van der Waals surface area contributed by atoms with Crippen LogP contribution < -0.4 is 0 Å². The van der Waals surface area contributed by atoms with Gasteiger partial charge >= 0.3 is 0 Å². The lowest BCUT2D eigenvalue weighted by Crippen LogP contribution is -2.50. The Morgan fingerprint density at radius 1 is 1.73 bits per heavy atom. The van der Waals surface area contributed by atoms with Crippen LogP contribution in [0.2, 0.25) is 0 Å². The summed E-state index contributed by atoms with van der Waals surface area (Å²) in [5, 5.41) is 4.12. The number of aryl methyl sites for hydroxylation is 1. The minimum absolute atomic E-state index is 0.0393. The Kier molecular flexibility index (Phi) is 2.58. The molecule has 0 aromatic carbocycles. The first-order valence-electron chi connectivity index (χ1n) is 5.08. The van der Waals surface area contributed by atoms with Crippen LogP contribution in [0.4, 0.5) is 0 Å². The Labute approximate surface area is 89.2 Å². The molecule has 0 bridgehead atoms. The second-order valence-electron chi connectivity index (χ2n) is 4.04. The lowest BCUT2D eigenvalue weighted by molar-refractivity contribution is -0.132. The van der Waals surface area contributed by atoms with Gasteiger partial charge in [-0.1, -0.05) is 6.58 Å². The Morgan fingerprint density at radius 2 is 2.47 bits per heavy atom. The molecule has 0 spiro atoms. The van der Waals surface area contributed by atoms with Gasteiger partial charge < -0.3 is 4.90 Å². The van der Waals surface area contributed by atoms with Gasteiger partial charge in [0.1, 0.15) is 0 Å². The minimum Gasteiger partial charge on any atom is -0.338 e. The summed E-state index contributed by atoms with van der Waals surface area (Å²) in [4.78, 5) is 13.0. The number of hydrogen-bond donors (Lipinski definition) is 0. The van der Waals surface area contributed by atoms with Gasteiger partial charge in [0, 0.05) is 26.3 Å². The van der Waals surface area contributed by atoms with E-state index >= 15 is 0 Å². The second-order valence-corrected chi connectivity index (χ2v) is 4.04. The quantitative estimate of drug-likeness (QED) is 0.678. The standard InChI is InChI=1S/C11H15N3O/c1-3-11(15)14-7-10(8-14)4-9-5-12-13(2)6-9/h3,5-6,10H,1,4,7-8H2,2H3. The van der Waals surface area contributed by atoms with Gasteiger partial charge in [0.2, 0.25) is 5.91 Å². The first-order valence-corrected chi connectivity index (χ1v) is 5.08. The molecule has 1 aliphatic heterocycles. The number of likely N-dealkylation sites (tertiary alicyclic amines) is 1. The molecule has 2 heterocycles. The molecule has 0 unspecified atom stereocenters. The average Bonchev–Trinajstić information content (AvgIpc) is 2.56. The van der Waals surface area contributed by atoms with Crippen molar-refractivity contribution in [1.82, 2.24) is 14.7 Å². The maximum absolute atomic E-state index is 11.2. The highest BCUT2D eigenvalue weighted by molar-refractivity contribution is 5.87. The van der Waals surface area contributed by atoms with Crippen LogP contribution in [0.3, 0.4) is 0 Å². The topological polar surface area (TPSA) is 38.1 Å². The van der Waals surface area contributed by atoms with Crippen molar-refractivity contribution in [2.75, 3.05) is 13.1 Å². The molecule has 0 saturated carbocycles. The lowest BCUT2D eigenvalue weighted by Gasteiger charge is -2.38. The molecule has 0 aliphatic carbocycles. The third kappa shape index (κ3) is 2.09. The fourth-order valence-electron chi connectivity index (χ4n) is 1.92. The zero-order chi connectivity index (χ0) is 10.8. The summed E-state index contributed by atoms with van der Waals surface area (Å²) >= 11 is 0. The van der Waals surface area contributed by atoms with Crippen LogP contribution in [-0.4, -0.2) is 33.7 Å². The number of carbonyl (C=O) groups is 1. The predicted molar refractivity (Wildman–Crippen MR) is 57.2 cm³/mol. The molecule has 1 amide bonds. The molecule has 1 fully saturated rings. The number of aromatic nitrogens is 2. The smallest absolute Gasteiger partial charge is 0.245 e. The summed E-state index contributed by atoms with van der Waals surface area (Å²) in [7, 11) is 1.91. The maximum atomic E-state index is 11.2. The molecule has 2 rings (SSSR count). The molecular weight excluding hydrogens is 190 g/mol. The van der Waals surface area contributed by atoms with Crippen LogP contribution in [0, 0.1) is 5.92 Å². The first-order chi connectivity index (χ1) is 7.19. The van der Waals surface area contributed by atoms with Gasteiger partial charge in [-0.2, -0.15) is 5.10 Å². The third-order valence-electron chi connectivity index (χ3n) is 2.73. The van der Waals surface area contributed by atoms with Gasteiger partial charge in [-0.05, 0) is 24.0 Å². The molecule has 4 nitrogen and oxygen atoms in total. The van der Waals surface area contributed by atoms with Gasteiger partial charge in [-0.25, -0.2) is 0 Å². The number of amides is 1. The van der Waals surface area contributed by atoms with Crippen molar-refractivity contribution in [3.8, 4) is 0 Å². The summed E-state index contributed by atoms with van der Waals surface area (Å²) in [5.41, 5.74) is 1.24. The van der Waals surface area contributed by atoms with Gasteiger partial charge in [0.15, 0.2) is 0 Å². The van der Waals surface area contributed by atoms with E-state index in [-0.39, 0.29) is 5.91 Å². The predicted octanol–water partition coefficient (Wildman–Crippen LogP) is 0.607. The molecular formula is C11H15N3O. The van der Waals surface area contributed by atoms with Crippen LogP contribution in [0.5, 0.6) is 0 Å². The van der Waals surface area contributed by atoms with Crippen LogP contribution in [-0.2, 0) is 18.3 Å². The largest absolute Gasteiger partial charge is 0.338 e. The molecule has 1 saturated heterocycles. The van der Waals surface area contributed by atoms with E-state index in [0.717, 1.165) is 19.5 Å². The maximum Gasteiger partial charge on any atom is 0.245 e. The number of nitrogens with zero attached hydrogens (tertiary/aromatic N) is 3. The second kappa shape index (κ2) is 3.88. The molecule has 0 atom stereocenters. The number of rotatable bonds is 3. The Balaban J connectivity index is 1.81. The van der Waals surface area contributed by atoms with Gasteiger partial charge in [0.05, 0.1) is 6.20 Å². The average molecular weight is 205 g/mol. The van der Waals surface area contributed by atoms with E-state index in [1.807, 2.05) is 24.3 Å². The van der Waals surface area contributed by atoms with Crippen LogP contribution >= 0.6 is 0 Å². The lowest BCUT2D eigenvalue weighted by atomic mass is 9.93. The summed E-state index contributed by atoms with van der Waals surface area (Å²) in [5.74, 6) is 0.621. The van der Waals surface area contributed by atoms with Crippen molar-refractivity contribution >= 4 is 5.91 Å². The molecule has 1 aromatic rings. The van der Waals surface area contributed by atoms with E-state index in [1.165, 1.54) is 11.6 Å². The Bertz CT molecular complexity index is 377. The van der Waals surface area contributed by atoms with E-state index in [0.29, 0.717) is 5.92 Å². The Hall–Kier alpha value is -1.58. The van der Waals surface area contributed by atoms with Crippen LogP contribution in [0.15, 0.2) is 25.0 Å². The highest BCUT2D eigenvalue weighted by atomic mass is 16.2.